The normalized spacial score (nSPS) is 3.00. The molecule has 0 amide bonds. The van der Waals surface area contributed by atoms with Gasteiger partial charge in [0.1, 0.15) is 0 Å². The standard InChI is InChI=1S/Mg.HNO3.3H2O.2H/c;2-1(3)4;;;;;/h;(H,2,3,4);3*1H2;;/q+2;;;;;2*-1. The van der Waals surface area contributed by atoms with Crippen molar-refractivity contribution in [1.82, 2.24) is 0 Å². The summed E-state index contributed by atoms with van der Waals surface area (Å²) in [5.74, 6) is 0. The molecule has 0 bridgehead atoms. The fourth-order valence-corrected chi connectivity index (χ4v) is 0. The first-order chi connectivity index (χ1) is 1.73. The molecule has 0 saturated heterocycles. The Bertz CT molecular complexity index is 38.7. The molecule has 0 saturated carbocycles. The number of hydrogen-bond donors (Lipinski definition) is 1. The maximum Gasteiger partial charge on any atom is 2.00 e. The van der Waals surface area contributed by atoms with Gasteiger partial charge in [0.2, 0.25) is 0 Å². The maximum atomic E-state index is 8.36. The van der Waals surface area contributed by atoms with Gasteiger partial charge in [-0.2, -0.15) is 0 Å². The van der Waals surface area contributed by atoms with Crippen molar-refractivity contribution in [2.45, 2.75) is 0 Å². The van der Waals surface area contributed by atoms with Crippen molar-refractivity contribution in [2.75, 3.05) is 0 Å². The Balaban J connectivity index is -0.00000000300. The fourth-order valence-electron chi connectivity index (χ4n) is 0. The minimum absolute atomic E-state index is 0. The summed E-state index contributed by atoms with van der Waals surface area (Å²) in [5.41, 5.74) is 0. The molecule has 7 N–H and O–H groups in total. The van der Waals surface area contributed by atoms with Gasteiger partial charge < -0.3 is 24.5 Å². The molecule has 0 aromatic carbocycles. The van der Waals surface area contributed by atoms with Crippen LogP contribution in [0, 0.1) is 10.1 Å². The molecule has 0 fully saturated rings. The van der Waals surface area contributed by atoms with Crippen LogP contribution < -0.4 is 0 Å². The van der Waals surface area contributed by atoms with Crippen LogP contribution in [0.1, 0.15) is 2.85 Å². The van der Waals surface area contributed by atoms with Gasteiger partial charge in [0, 0.05) is 0 Å². The van der Waals surface area contributed by atoms with Gasteiger partial charge in [0.25, 0.3) is 5.09 Å². The molecular weight excluding hydrogens is 134 g/mol. The van der Waals surface area contributed by atoms with E-state index in [1.807, 2.05) is 0 Å². The molecule has 0 heterocycles. The van der Waals surface area contributed by atoms with Crippen molar-refractivity contribution in [3.05, 3.63) is 10.1 Å². The van der Waals surface area contributed by atoms with Gasteiger partial charge in [-0.15, -0.1) is 10.1 Å². The third kappa shape index (κ3) is 5810. The predicted molar refractivity (Wildman–Crippen MR) is 27.6 cm³/mol. The van der Waals surface area contributed by atoms with Gasteiger partial charge in [0.15, 0.2) is 0 Å². The van der Waals surface area contributed by atoms with Crippen molar-refractivity contribution in [3.8, 4) is 0 Å². The minimum atomic E-state index is -1.50. The molecule has 0 radical (unpaired) electrons. The molecule has 7 nitrogen and oxygen atoms in total. The van der Waals surface area contributed by atoms with Crippen LogP contribution in [0.25, 0.3) is 0 Å². The van der Waals surface area contributed by atoms with Crippen molar-refractivity contribution < 1.29 is 29.6 Å². The Morgan fingerprint density at radius 1 is 1.38 bits per heavy atom. The Hall–Kier alpha value is -0.154. The third-order valence-corrected chi connectivity index (χ3v) is 0. The van der Waals surface area contributed by atoms with Gasteiger partial charge in [0.05, 0.1) is 0 Å². The van der Waals surface area contributed by atoms with E-state index < -0.39 is 5.09 Å². The number of nitrogens with zero attached hydrogens (tertiary/aromatic N) is 1. The molecule has 0 aliphatic rings. The van der Waals surface area contributed by atoms with E-state index in [0.29, 0.717) is 0 Å². The Labute approximate surface area is 63.5 Å². The molecule has 0 aliphatic carbocycles. The van der Waals surface area contributed by atoms with Crippen molar-refractivity contribution in [1.29, 1.82) is 0 Å². The molecule has 52 valence electrons. The summed E-state index contributed by atoms with van der Waals surface area (Å²) in [4.78, 5) is 8.36. The van der Waals surface area contributed by atoms with E-state index in [0.717, 1.165) is 0 Å². The first-order valence-electron chi connectivity index (χ1n) is 0.565. The van der Waals surface area contributed by atoms with Gasteiger partial charge in [-0.25, -0.2) is 0 Å². The van der Waals surface area contributed by atoms with E-state index in [1.54, 1.807) is 0 Å². The summed E-state index contributed by atoms with van der Waals surface area (Å²) >= 11 is 0. The van der Waals surface area contributed by atoms with Crippen LogP contribution in [0.2, 0.25) is 0 Å². The molecular formula is H9MgNO6. The monoisotopic (exact) mass is 143 g/mol. The van der Waals surface area contributed by atoms with Crippen LogP contribution >= 0.6 is 0 Å². The molecule has 0 rings (SSSR count). The van der Waals surface area contributed by atoms with Crippen LogP contribution in [0.3, 0.4) is 0 Å². The quantitative estimate of drug-likeness (QED) is 0.218. The molecule has 0 atom stereocenters. The smallest absolute Gasteiger partial charge is 1.00 e. The van der Waals surface area contributed by atoms with Crippen LogP contribution in [-0.2, 0) is 0 Å². The summed E-state index contributed by atoms with van der Waals surface area (Å²) in [5, 5.41) is 13.6. The van der Waals surface area contributed by atoms with Crippen LogP contribution in [-0.4, -0.2) is 49.8 Å². The minimum Gasteiger partial charge on any atom is -1.00 e. The number of hydrogen-bond acceptors (Lipinski definition) is 2. The zero-order valence-corrected chi connectivity index (χ0v) is 5.33. The molecule has 8 heavy (non-hydrogen) atoms. The zero-order chi connectivity index (χ0) is 3.58. The fraction of sp³-hybridized carbons (Fsp3) is 0. The third-order valence-electron chi connectivity index (χ3n) is 0. The van der Waals surface area contributed by atoms with Gasteiger partial charge in [-0.05, 0) is 0 Å². The predicted octanol–water partition coefficient (Wildman–Crippen LogP) is -2.98. The van der Waals surface area contributed by atoms with E-state index in [2.05, 4.69) is 0 Å². The molecule has 0 aromatic rings. The van der Waals surface area contributed by atoms with Crippen molar-refractivity contribution >= 4 is 23.1 Å². The molecule has 0 spiro atoms. The largest absolute Gasteiger partial charge is 2.00 e. The van der Waals surface area contributed by atoms with E-state index in [4.69, 9.17) is 15.3 Å². The Morgan fingerprint density at radius 3 is 1.38 bits per heavy atom. The van der Waals surface area contributed by atoms with Crippen LogP contribution in [0.15, 0.2) is 0 Å². The average Bonchev–Trinajstić information content (AvgIpc) is 0.811. The van der Waals surface area contributed by atoms with Crippen molar-refractivity contribution in [3.63, 3.8) is 0 Å². The molecule has 0 aromatic heterocycles. The van der Waals surface area contributed by atoms with E-state index in [1.165, 1.54) is 0 Å². The van der Waals surface area contributed by atoms with Crippen LogP contribution in [0.4, 0.5) is 0 Å². The van der Waals surface area contributed by atoms with E-state index in [-0.39, 0.29) is 42.3 Å². The van der Waals surface area contributed by atoms with E-state index >= 15 is 0 Å². The van der Waals surface area contributed by atoms with E-state index in [9.17, 15) is 0 Å². The summed E-state index contributed by atoms with van der Waals surface area (Å²) in [6, 6.07) is 0. The molecule has 0 unspecified atom stereocenters. The van der Waals surface area contributed by atoms with Crippen LogP contribution in [0.5, 0.6) is 0 Å². The summed E-state index contributed by atoms with van der Waals surface area (Å²) < 4.78 is 0. The van der Waals surface area contributed by atoms with Crippen molar-refractivity contribution in [2.24, 2.45) is 0 Å². The zero-order valence-electron chi connectivity index (χ0n) is 5.92. The Kier molecular flexibility index (Phi) is 164. The topological polar surface area (TPSA) is 158 Å². The summed E-state index contributed by atoms with van der Waals surface area (Å²) in [6.07, 6.45) is 0. The average molecular weight is 143 g/mol. The van der Waals surface area contributed by atoms with Gasteiger partial charge in [-0.1, -0.05) is 0 Å². The molecule has 0 aliphatic heterocycles. The second-order valence-corrected chi connectivity index (χ2v) is 0.238. The first kappa shape index (κ1) is 45.4. The number of rotatable bonds is 0. The summed E-state index contributed by atoms with van der Waals surface area (Å²) in [6.45, 7) is 0. The first-order valence-corrected chi connectivity index (χ1v) is 0.565. The maximum absolute atomic E-state index is 8.36. The Morgan fingerprint density at radius 2 is 1.38 bits per heavy atom. The van der Waals surface area contributed by atoms with Gasteiger partial charge in [-0.3, -0.25) is 0 Å². The SMILES string of the molecule is O.O.O.O=[N+]([O-])O.[H-].[H-].[Mg+2]. The second-order valence-electron chi connectivity index (χ2n) is 0.238. The molecule has 8 heteroatoms. The van der Waals surface area contributed by atoms with Gasteiger partial charge >= 0.3 is 23.1 Å². The second kappa shape index (κ2) is 28.9. The summed E-state index contributed by atoms with van der Waals surface area (Å²) in [7, 11) is 0.